The van der Waals surface area contributed by atoms with E-state index in [2.05, 4.69) is 23.2 Å². The normalized spacial score (nSPS) is 10.3. The molecule has 0 bridgehead atoms. The molecule has 2 rings (SSSR count). The maximum atomic E-state index is 9.30. The van der Waals surface area contributed by atoms with Gasteiger partial charge in [-0.25, -0.2) is 0 Å². The van der Waals surface area contributed by atoms with Crippen LogP contribution in [0.2, 0.25) is 0 Å². The Morgan fingerprint density at radius 2 is 2.17 bits per heavy atom. The van der Waals surface area contributed by atoms with Crippen LogP contribution >= 0.6 is 23.5 Å². The number of nitrogens with zero attached hydrogens (tertiary/aromatic N) is 4. The number of hydrogen-bond donors (Lipinski definition) is 0. The zero-order chi connectivity index (χ0) is 13.0. The lowest BCUT2D eigenvalue weighted by molar-refractivity contribution is 0.788. The highest BCUT2D eigenvalue weighted by molar-refractivity contribution is 8.00. The molecule has 1 aromatic carbocycles. The van der Waals surface area contributed by atoms with Crippen molar-refractivity contribution in [2.24, 2.45) is 7.05 Å². The van der Waals surface area contributed by atoms with Gasteiger partial charge in [-0.3, -0.25) is 0 Å². The number of aryl methyl sites for hydroxylation is 1. The van der Waals surface area contributed by atoms with Crippen LogP contribution in [-0.2, 0) is 7.05 Å². The van der Waals surface area contributed by atoms with Crippen molar-refractivity contribution in [2.75, 3.05) is 5.75 Å². The van der Waals surface area contributed by atoms with E-state index in [9.17, 15) is 5.26 Å². The minimum atomic E-state index is 0.720. The van der Waals surface area contributed by atoms with Gasteiger partial charge in [0, 0.05) is 16.8 Å². The summed E-state index contributed by atoms with van der Waals surface area (Å²) in [7, 11) is 1.89. The van der Waals surface area contributed by atoms with Crippen molar-refractivity contribution < 1.29 is 0 Å². The predicted octanol–water partition coefficient (Wildman–Crippen LogP) is 2.95. The highest BCUT2D eigenvalue weighted by atomic mass is 32.2. The third kappa shape index (κ3) is 2.68. The van der Waals surface area contributed by atoms with Crippen molar-refractivity contribution in [3.63, 3.8) is 0 Å². The molecule has 6 heteroatoms. The van der Waals surface area contributed by atoms with Crippen LogP contribution in [0.15, 0.2) is 39.5 Å². The van der Waals surface area contributed by atoms with Gasteiger partial charge in [-0.1, -0.05) is 13.0 Å². The second-order valence-corrected chi connectivity index (χ2v) is 5.82. The number of hydrogen-bond acceptors (Lipinski definition) is 5. The van der Waals surface area contributed by atoms with Gasteiger partial charge in [-0.15, -0.1) is 22.0 Å². The Kier molecular flexibility index (Phi) is 4.28. The molecule has 0 unspecified atom stereocenters. The van der Waals surface area contributed by atoms with Gasteiger partial charge in [-0.2, -0.15) is 5.26 Å². The van der Waals surface area contributed by atoms with E-state index in [-0.39, 0.29) is 0 Å². The van der Waals surface area contributed by atoms with Crippen LogP contribution < -0.4 is 0 Å². The SMILES string of the molecule is CCSc1cccc(Sc2nncn2C)c1C#N. The first-order valence-corrected chi connectivity index (χ1v) is 7.24. The van der Waals surface area contributed by atoms with Crippen LogP contribution in [-0.4, -0.2) is 20.5 Å². The molecular weight excluding hydrogens is 264 g/mol. The molecule has 0 N–H and O–H groups in total. The molecule has 0 aliphatic rings. The first-order valence-electron chi connectivity index (χ1n) is 5.44. The predicted molar refractivity (Wildman–Crippen MR) is 72.7 cm³/mol. The molecule has 2 aromatic rings. The van der Waals surface area contributed by atoms with Gasteiger partial charge in [0.2, 0.25) is 0 Å². The Labute approximate surface area is 114 Å². The summed E-state index contributed by atoms with van der Waals surface area (Å²) in [6, 6.07) is 8.17. The number of rotatable bonds is 4. The third-order valence-electron chi connectivity index (χ3n) is 2.27. The van der Waals surface area contributed by atoms with Gasteiger partial charge in [0.25, 0.3) is 0 Å². The van der Waals surface area contributed by atoms with Crippen molar-refractivity contribution in [1.29, 1.82) is 5.26 Å². The van der Waals surface area contributed by atoms with Crippen molar-refractivity contribution in [3.05, 3.63) is 30.1 Å². The molecule has 1 heterocycles. The number of thioether (sulfide) groups is 1. The Hall–Kier alpha value is -1.45. The summed E-state index contributed by atoms with van der Waals surface area (Å²) < 4.78 is 1.84. The van der Waals surface area contributed by atoms with Gasteiger partial charge in [0.1, 0.15) is 12.4 Å². The summed E-state index contributed by atoms with van der Waals surface area (Å²) >= 11 is 3.14. The average molecular weight is 276 g/mol. The van der Waals surface area contributed by atoms with Crippen molar-refractivity contribution in [3.8, 4) is 6.07 Å². The maximum absolute atomic E-state index is 9.30. The van der Waals surface area contributed by atoms with Crippen LogP contribution in [0.3, 0.4) is 0 Å². The monoisotopic (exact) mass is 276 g/mol. The van der Waals surface area contributed by atoms with Gasteiger partial charge in [0.15, 0.2) is 5.16 Å². The molecular formula is C12H12N4S2. The molecule has 0 aliphatic carbocycles. The van der Waals surface area contributed by atoms with E-state index in [1.54, 1.807) is 18.1 Å². The Morgan fingerprint density at radius 1 is 1.39 bits per heavy atom. The standard InChI is InChI=1S/C12H12N4S2/c1-3-17-10-5-4-6-11(9(10)7-13)18-12-15-14-8-16(12)2/h4-6,8H,3H2,1-2H3. The largest absolute Gasteiger partial charge is 0.311 e. The van der Waals surface area contributed by atoms with Crippen molar-refractivity contribution in [1.82, 2.24) is 14.8 Å². The molecule has 0 aliphatic heterocycles. The highest BCUT2D eigenvalue weighted by Crippen LogP contribution is 2.33. The summed E-state index contributed by atoms with van der Waals surface area (Å²) in [5, 5.41) is 17.9. The first-order chi connectivity index (χ1) is 8.76. The van der Waals surface area contributed by atoms with Crippen LogP contribution in [0, 0.1) is 11.3 Å². The van der Waals surface area contributed by atoms with E-state index in [1.165, 1.54) is 11.8 Å². The quantitative estimate of drug-likeness (QED) is 0.804. The first kappa shape index (κ1) is 13.0. The molecule has 0 radical (unpaired) electrons. The van der Waals surface area contributed by atoms with Crippen LogP contribution in [0.1, 0.15) is 12.5 Å². The van der Waals surface area contributed by atoms with E-state index in [1.807, 2.05) is 29.8 Å². The molecule has 18 heavy (non-hydrogen) atoms. The second-order valence-electron chi connectivity index (χ2n) is 3.50. The Balaban J connectivity index is 2.36. The van der Waals surface area contributed by atoms with Gasteiger partial charge >= 0.3 is 0 Å². The van der Waals surface area contributed by atoms with E-state index < -0.39 is 0 Å². The van der Waals surface area contributed by atoms with Crippen molar-refractivity contribution in [2.45, 2.75) is 21.9 Å². The molecule has 4 nitrogen and oxygen atoms in total. The lowest BCUT2D eigenvalue weighted by Gasteiger charge is -2.07. The second kappa shape index (κ2) is 5.94. The number of aromatic nitrogens is 3. The van der Waals surface area contributed by atoms with Gasteiger partial charge in [0.05, 0.1) is 5.56 Å². The number of nitriles is 1. The minimum absolute atomic E-state index is 0.720. The van der Waals surface area contributed by atoms with E-state index in [0.29, 0.717) is 0 Å². The van der Waals surface area contributed by atoms with Crippen LogP contribution in [0.4, 0.5) is 0 Å². The highest BCUT2D eigenvalue weighted by Gasteiger charge is 2.11. The number of benzene rings is 1. The fraction of sp³-hybridized carbons (Fsp3) is 0.250. The maximum Gasteiger partial charge on any atom is 0.195 e. The third-order valence-corrected chi connectivity index (χ3v) is 4.32. The molecule has 0 atom stereocenters. The average Bonchev–Trinajstić information content (AvgIpc) is 2.76. The van der Waals surface area contributed by atoms with E-state index in [4.69, 9.17) is 0 Å². The summed E-state index contributed by atoms with van der Waals surface area (Å²) in [6.45, 7) is 2.08. The lowest BCUT2D eigenvalue weighted by Crippen LogP contribution is -1.91. The molecule has 0 saturated carbocycles. The molecule has 92 valence electrons. The fourth-order valence-electron chi connectivity index (χ4n) is 1.45. The topological polar surface area (TPSA) is 54.5 Å². The fourth-order valence-corrected chi connectivity index (χ4v) is 3.18. The van der Waals surface area contributed by atoms with E-state index in [0.717, 1.165) is 26.3 Å². The van der Waals surface area contributed by atoms with Crippen LogP contribution in [0.25, 0.3) is 0 Å². The molecule has 0 fully saturated rings. The Bertz CT molecular complexity index is 586. The summed E-state index contributed by atoms with van der Waals surface area (Å²) in [5.74, 6) is 0.951. The zero-order valence-corrected chi connectivity index (χ0v) is 11.8. The molecule has 0 amide bonds. The van der Waals surface area contributed by atoms with Gasteiger partial charge in [-0.05, 0) is 29.6 Å². The Morgan fingerprint density at radius 3 is 2.78 bits per heavy atom. The molecule has 0 saturated heterocycles. The lowest BCUT2D eigenvalue weighted by atomic mass is 10.2. The summed E-state index contributed by atoms with van der Waals surface area (Å²) in [6.07, 6.45) is 1.65. The molecule has 0 spiro atoms. The van der Waals surface area contributed by atoms with E-state index >= 15 is 0 Å². The van der Waals surface area contributed by atoms with Crippen LogP contribution in [0.5, 0.6) is 0 Å². The molecule has 1 aromatic heterocycles. The summed E-state index contributed by atoms with van der Waals surface area (Å²) in [4.78, 5) is 1.94. The summed E-state index contributed by atoms with van der Waals surface area (Å²) in [5.41, 5.74) is 0.720. The van der Waals surface area contributed by atoms with Gasteiger partial charge < -0.3 is 4.57 Å². The smallest absolute Gasteiger partial charge is 0.195 e. The minimum Gasteiger partial charge on any atom is -0.311 e. The zero-order valence-electron chi connectivity index (χ0n) is 10.1. The van der Waals surface area contributed by atoms with Crippen molar-refractivity contribution >= 4 is 23.5 Å².